The standard InChI is InChI=1S/C5H10O6.Na/c6-1-2(7)3(8)4(9)5(10)11;/h2-4,6-9H,1H2,(H,10,11);/q;+1/p-1/t2-,3-,4-;/m1./s1. The third kappa shape index (κ3) is 4.36. The molecule has 0 unspecified atom stereocenters. The number of hydrogen-bond donors (Lipinski definition) is 4. The minimum absolute atomic E-state index is 0. The first-order valence-electron chi connectivity index (χ1n) is 2.86. The van der Waals surface area contributed by atoms with E-state index in [1.165, 1.54) is 0 Å². The van der Waals surface area contributed by atoms with Crippen LogP contribution in [0.4, 0.5) is 0 Å². The minimum Gasteiger partial charge on any atom is -0.547 e. The molecular weight excluding hydrogens is 179 g/mol. The van der Waals surface area contributed by atoms with E-state index < -0.39 is 30.9 Å². The van der Waals surface area contributed by atoms with Crippen molar-refractivity contribution >= 4 is 5.97 Å². The van der Waals surface area contributed by atoms with E-state index >= 15 is 0 Å². The summed E-state index contributed by atoms with van der Waals surface area (Å²) in [4.78, 5) is 9.85. The van der Waals surface area contributed by atoms with Crippen LogP contribution >= 0.6 is 0 Å². The molecule has 66 valence electrons. The summed E-state index contributed by atoms with van der Waals surface area (Å²) in [5, 5.41) is 43.8. The molecule has 0 saturated carbocycles. The second-order valence-corrected chi connectivity index (χ2v) is 2.00. The largest absolute Gasteiger partial charge is 1.00 e. The van der Waals surface area contributed by atoms with Crippen molar-refractivity contribution in [3.63, 3.8) is 0 Å². The van der Waals surface area contributed by atoms with Crippen molar-refractivity contribution in [2.75, 3.05) is 6.61 Å². The van der Waals surface area contributed by atoms with Gasteiger partial charge >= 0.3 is 29.6 Å². The van der Waals surface area contributed by atoms with Gasteiger partial charge in [-0.05, 0) is 0 Å². The average molecular weight is 188 g/mol. The molecule has 0 spiro atoms. The summed E-state index contributed by atoms with van der Waals surface area (Å²) in [7, 11) is 0. The van der Waals surface area contributed by atoms with Crippen molar-refractivity contribution in [2.45, 2.75) is 18.3 Å². The second kappa shape index (κ2) is 6.79. The molecule has 0 fully saturated rings. The van der Waals surface area contributed by atoms with E-state index in [1.807, 2.05) is 0 Å². The molecule has 0 bridgehead atoms. The van der Waals surface area contributed by atoms with Crippen molar-refractivity contribution < 1.29 is 59.9 Å². The number of carboxylic acid groups (broad SMARTS) is 1. The third-order valence-corrected chi connectivity index (χ3v) is 1.15. The zero-order valence-corrected chi connectivity index (χ0v) is 8.54. The van der Waals surface area contributed by atoms with Crippen LogP contribution in [0.1, 0.15) is 0 Å². The first kappa shape index (κ1) is 14.8. The monoisotopic (exact) mass is 188 g/mol. The van der Waals surface area contributed by atoms with Crippen molar-refractivity contribution in [1.29, 1.82) is 0 Å². The maximum Gasteiger partial charge on any atom is 1.00 e. The number of aliphatic carboxylic acids is 1. The fraction of sp³-hybridized carbons (Fsp3) is 0.800. The number of aliphatic hydroxyl groups is 4. The molecular formula is C5H9NaO6. The summed E-state index contributed by atoms with van der Waals surface area (Å²) in [6.45, 7) is -0.828. The van der Waals surface area contributed by atoms with Gasteiger partial charge in [-0.15, -0.1) is 0 Å². The molecule has 0 aliphatic rings. The number of carbonyl (C=O) groups is 1. The van der Waals surface area contributed by atoms with Crippen LogP contribution in [-0.2, 0) is 4.79 Å². The molecule has 0 rings (SSSR count). The SMILES string of the molecule is O=C([O-])[C@H](O)[C@H](O)[C@H](O)CO.[Na+]. The van der Waals surface area contributed by atoms with Gasteiger partial charge in [0.1, 0.15) is 18.3 Å². The van der Waals surface area contributed by atoms with E-state index in [9.17, 15) is 9.90 Å². The molecule has 0 amide bonds. The van der Waals surface area contributed by atoms with Crippen LogP contribution in [0.3, 0.4) is 0 Å². The van der Waals surface area contributed by atoms with E-state index in [1.54, 1.807) is 0 Å². The van der Waals surface area contributed by atoms with E-state index in [0.29, 0.717) is 0 Å². The summed E-state index contributed by atoms with van der Waals surface area (Å²) in [6.07, 6.45) is -5.79. The summed E-state index contributed by atoms with van der Waals surface area (Å²) >= 11 is 0. The minimum atomic E-state index is -2.18. The molecule has 0 aliphatic carbocycles. The van der Waals surface area contributed by atoms with Gasteiger partial charge in [0.05, 0.1) is 12.6 Å². The van der Waals surface area contributed by atoms with Gasteiger partial charge in [-0.25, -0.2) is 0 Å². The van der Waals surface area contributed by atoms with Gasteiger partial charge in [0, 0.05) is 0 Å². The van der Waals surface area contributed by atoms with E-state index in [0.717, 1.165) is 0 Å². The molecule has 0 radical (unpaired) electrons. The predicted molar refractivity (Wildman–Crippen MR) is 30.1 cm³/mol. The Bertz CT molecular complexity index is 140. The van der Waals surface area contributed by atoms with Gasteiger partial charge in [0.2, 0.25) is 0 Å². The zero-order valence-electron chi connectivity index (χ0n) is 6.54. The quantitative estimate of drug-likeness (QED) is 0.325. The molecule has 0 aliphatic heterocycles. The van der Waals surface area contributed by atoms with Crippen LogP contribution in [0.15, 0.2) is 0 Å². The summed E-state index contributed by atoms with van der Waals surface area (Å²) in [5.41, 5.74) is 0. The first-order chi connectivity index (χ1) is 5.00. The topological polar surface area (TPSA) is 121 Å². The average Bonchev–Trinajstić information content (AvgIpc) is 2.00. The fourth-order valence-electron chi connectivity index (χ4n) is 0.458. The Morgan fingerprint density at radius 1 is 1.33 bits per heavy atom. The maximum atomic E-state index is 9.85. The normalized spacial score (nSPS) is 17.3. The maximum absolute atomic E-state index is 9.85. The summed E-state index contributed by atoms with van der Waals surface area (Å²) < 4.78 is 0. The van der Waals surface area contributed by atoms with E-state index in [4.69, 9.17) is 20.4 Å². The molecule has 4 N–H and O–H groups in total. The first-order valence-corrected chi connectivity index (χ1v) is 2.86. The van der Waals surface area contributed by atoms with Crippen molar-refractivity contribution in [3.8, 4) is 0 Å². The number of rotatable bonds is 4. The van der Waals surface area contributed by atoms with Gasteiger partial charge in [-0.3, -0.25) is 0 Å². The molecule has 0 aromatic carbocycles. The van der Waals surface area contributed by atoms with Crippen LogP contribution in [0, 0.1) is 0 Å². The zero-order chi connectivity index (χ0) is 9.02. The predicted octanol–water partition coefficient (Wildman–Crippen LogP) is -7.18. The molecule has 0 saturated heterocycles. The Balaban J connectivity index is 0. The summed E-state index contributed by atoms with van der Waals surface area (Å²) in [5.74, 6) is -1.90. The number of carboxylic acids is 1. The second-order valence-electron chi connectivity index (χ2n) is 2.00. The molecule has 12 heavy (non-hydrogen) atoms. The molecule has 3 atom stereocenters. The molecule has 6 nitrogen and oxygen atoms in total. The van der Waals surface area contributed by atoms with Gasteiger partial charge in [0.25, 0.3) is 0 Å². The smallest absolute Gasteiger partial charge is 0.547 e. The van der Waals surface area contributed by atoms with Crippen LogP contribution in [0.2, 0.25) is 0 Å². The Kier molecular flexibility index (Phi) is 8.38. The molecule has 7 heteroatoms. The van der Waals surface area contributed by atoms with Crippen molar-refractivity contribution in [1.82, 2.24) is 0 Å². The Labute approximate surface area is 90.7 Å². The van der Waals surface area contributed by atoms with E-state index in [2.05, 4.69) is 0 Å². The van der Waals surface area contributed by atoms with Crippen LogP contribution in [-0.4, -0.2) is 51.3 Å². The van der Waals surface area contributed by atoms with Crippen molar-refractivity contribution in [2.24, 2.45) is 0 Å². The third-order valence-electron chi connectivity index (χ3n) is 1.15. The van der Waals surface area contributed by atoms with Gasteiger partial charge in [-0.1, -0.05) is 0 Å². The summed E-state index contributed by atoms with van der Waals surface area (Å²) in [6, 6.07) is 0. The Morgan fingerprint density at radius 3 is 2.00 bits per heavy atom. The van der Waals surface area contributed by atoms with E-state index in [-0.39, 0.29) is 29.6 Å². The van der Waals surface area contributed by atoms with Gasteiger partial charge in [0.15, 0.2) is 0 Å². The number of hydrogen-bond acceptors (Lipinski definition) is 6. The fourth-order valence-corrected chi connectivity index (χ4v) is 0.458. The van der Waals surface area contributed by atoms with Gasteiger partial charge in [-0.2, -0.15) is 0 Å². The Morgan fingerprint density at radius 2 is 1.75 bits per heavy atom. The van der Waals surface area contributed by atoms with Crippen LogP contribution in [0.5, 0.6) is 0 Å². The van der Waals surface area contributed by atoms with Crippen LogP contribution in [0.25, 0.3) is 0 Å². The number of carbonyl (C=O) groups excluding carboxylic acids is 1. The van der Waals surface area contributed by atoms with Gasteiger partial charge < -0.3 is 30.3 Å². The molecule has 0 heterocycles. The Hall–Kier alpha value is 0.310. The number of aliphatic hydroxyl groups excluding tert-OH is 4. The van der Waals surface area contributed by atoms with Crippen molar-refractivity contribution in [3.05, 3.63) is 0 Å². The molecule has 0 aromatic rings. The molecule has 0 aromatic heterocycles. The van der Waals surface area contributed by atoms with Crippen LogP contribution < -0.4 is 34.7 Å².